The average molecular weight is 448 g/mol. The zero-order chi connectivity index (χ0) is 22.9. The van der Waals surface area contributed by atoms with E-state index in [0.717, 1.165) is 5.75 Å². The number of rotatable bonds is 19. The maximum absolute atomic E-state index is 12.1. The number of carbonyl (C=O) groups is 3. The van der Waals surface area contributed by atoms with Crippen molar-refractivity contribution in [2.75, 3.05) is 45.4 Å². The number of ether oxygens (including phenoxy) is 3. The van der Waals surface area contributed by atoms with Gasteiger partial charge >= 0.3 is 0 Å². The van der Waals surface area contributed by atoms with Gasteiger partial charge in [-0.15, -0.1) is 0 Å². The molecule has 0 atom stereocenters. The topological polar surface area (TPSA) is 90.9 Å². The summed E-state index contributed by atoms with van der Waals surface area (Å²) in [5.74, 6) is 0.861. The molecule has 30 heavy (non-hydrogen) atoms. The highest BCUT2D eigenvalue weighted by molar-refractivity contribution is 7.99. The van der Waals surface area contributed by atoms with Crippen LogP contribution in [0.1, 0.15) is 54.4 Å². The zero-order valence-corrected chi connectivity index (χ0v) is 20.3. The van der Waals surface area contributed by atoms with E-state index in [0.29, 0.717) is 37.9 Å². The van der Waals surface area contributed by atoms with E-state index in [-0.39, 0.29) is 55.2 Å². The first-order valence-corrected chi connectivity index (χ1v) is 11.9. The van der Waals surface area contributed by atoms with E-state index in [4.69, 9.17) is 14.2 Å². The second-order valence-electron chi connectivity index (χ2n) is 8.13. The standard InChI is InChI=1S/C22H41NO6S/c1-16(2)20(24)7-9-27-13-19(14-28-10-8-21(25)17(3)4)23-22(26)15-29-11-12-30-18(5)6/h16-19H,7-15H2,1-6H3,(H,23,26). The zero-order valence-electron chi connectivity index (χ0n) is 19.5. The van der Waals surface area contributed by atoms with Crippen LogP contribution >= 0.6 is 11.8 Å². The second-order valence-corrected chi connectivity index (χ2v) is 9.81. The van der Waals surface area contributed by atoms with E-state index in [1.165, 1.54) is 0 Å². The number of Topliss-reactive ketones (excluding diaryl/α,β-unsaturated/α-hetero) is 2. The summed E-state index contributed by atoms with van der Waals surface area (Å²) in [5.41, 5.74) is 0. The Balaban J connectivity index is 4.31. The van der Waals surface area contributed by atoms with Crippen molar-refractivity contribution in [1.82, 2.24) is 5.32 Å². The van der Waals surface area contributed by atoms with Crippen molar-refractivity contribution in [2.24, 2.45) is 11.8 Å². The van der Waals surface area contributed by atoms with Crippen molar-refractivity contribution in [3.05, 3.63) is 0 Å². The smallest absolute Gasteiger partial charge is 0.246 e. The van der Waals surface area contributed by atoms with Crippen LogP contribution in [0.5, 0.6) is 0 Å². The van der Waals surface area contributed by atoms with Gasteiger partial charge in [0.2, 0.25) is 5.91 Å². The molecule has 0 aliphatic rings. The molecule has 0 saturated carbocycles. The molecule has 0 aromatic carbocycles. The van der Waals surface area contributed by atoms with Crippen LogP contribution in [0, 0.1) is 11.8 Å². The Kier molecular flexibility index (Phi) is 17.1. The van der Waals surface area contributed by atoms with E-state index >= 15 is 0 Å². The summed E-state index contributed by atoms with van der Waals surface area (Å²) >= 11 is 1.78. The Morgan fingerprint density at radius 1 is 0.767 bits per heavy atom. The summed E-state index contributed by atoms with van der Waals surface area (Å²) in [5, 5.41) is 3.38. The predicted octanol–water partition coefficient (Wildman–Crippen LogP) is 2.89. The second kappa shape index (κ2) is 17.7. The van der Waals surface area contributed by atoms with Crippen molar-refractivity contribution in [3.8, 4) is 0 Å². The molecule has 0 fully saturated rings. The van der Waals surface area contributed by atoms with Crippen LogP contribution < -0.4 is 5.32 Å². The Bertz CT molecular complexity index is 468. The van der Waals surface area contributed by atoms with Crippen LogP contribution in [-0.2, 0) is 28.6 Å². The number of thioether (sulfide) groups is 1. The minimum atomic E-state index is -0.366. The predicted molar refractivity (Wildman–Crippen MR) is 121 cm³/mol. The van der Waals surface area contributed by atoms with Crippen LogP contribution in [-0.4, -0.2) is 74.2 Å². The molecule has 0 unspecified atom stereocenters. The molecule has 0 aromatic rings. The fraction of sp³-hybridized carbons (Fsp3) is 0.864. The van der Waals surface area contributed by atoms with Crippen LogP contribution in [0.15, 0.2) is 0 Å². The number of hydrogen-bond donors (Lipinski definition) is 1. The van der Waals surface area contributed by atoms with Gasteiger partial charge in [-0.25, -0.2) is 0 Å². The van der Waals surface area contributed by atoms with Crippen molar-refractivity contribution >= 4 is 29.2 Å². The molecule has 0 aliphatic carbocycles. The summed E-state index contributed by atoms with van der Waals surface area (Å²) in [7, 11) is 0. The number of hydrogen-bond acceptors (Lipinski definition) is 7. The fourth-order valence-electron chi connectivity index (χ4n) is 2.28. The summed E-state index contributed by atoms with van der Waals surface area (Å²) in [4.78, 5) is 35.5. The summed E-state index contributed by atoms with van der Waals surface area (Å²) in [6.45, 7) is 13.2. The Hall–Kier alpha value is -0.960. The van der Waals surface area contributed by atoms with Crippen molar-refractivity contribution in [1.29, 1.82) is 0 Å². The number of amides is 1. The van der Waals surface area contributed by atoms with Gasteiger partial charge in [0.25, 0.3) is 0 Å². The molecule has 1 amide bonds. The van der Waals surface area contributed by atoms with E-state index in [1.807, 2.05) is 27.7 Å². The molecule has 0 aromatic heterocycles. The summed E-state index contributed by atoms with van der Waals surface area (Å²) < 4.78 is 16.6. The molecule has 1 N–H and O–H groups in total. The highest BCUT2D eigenvalue weighted by Crippen LogP contribution is 2.07. The Labute approximate surface area is 186 Å². The molecular weight excluding hydrogens is 406 g/mol. The van der Waals surface area contributed by atoms with Crippen molar-refractivity contribution < 1.29 is 28.6 Å². The molecule has 0 radical (unpaired) electrons. The van der Waals surface area contributed by atoms with E-state index in [2.05, 4.69) is 19.2 Å². The molecule has 0 heterocycles. The van der Waals surface area contributed by atoms with Gasteiger partial charge in [0.15, 0.2) is 0 Å². The third-order valence-electron chi connectivity index (χ3n) is 4.19. The largest absolute Gasteiger partial charge is 0.379 e. The number of ketones is 2. The Morgan fingerprint density at radius 3 is 1.70 bits per heavy atom. The number of nitrogens with one attached hydrogen (secondary N) is 1. The van der Waals surface area contributed by atoms with Gasteiger partial charge in [0.1, 0.15) is 18.2 Å². The van der Waals surface area contributed by atoms with Gasteiger partial charge in [0, 0.05) is 30.4 Å². The number of carbonyl (C=O) groups excluding carboxylic acids is 3. The maximum atomic E-state index is 12.1. The SMILES string of the molecule is CC(C)SCCOCC(=O)NC(COCCC(=O)C(C)C)COCCC(=O)C(C)C. The average Bonchev–Trinajstić information content (AvgIpc) is 2.66. The van der Waals surface area contributed by atoms with E-state index < -0.39 is 0 Å². The first-order chi connectivity index (χ1) is 14.1. The monoisotopic (exact) mass is 447 g/mol. The molecule has 0 saturated heterocycles. The van der Waals surface area contributed by atoms with Crippen LogP contribution in [0.2, 0.25) is 0 Å². The molecule has 0 rings (SSSR count). The summed E-state index contributed by atoms with van der Waals surface area (Å²) in [6.07, 6.45) is 0.692. The first-order valence-electron chi connectivity index (χ1n) is 10.8. The summed E-state index contributed by atoms with van der Waals surface area (Å²) in [6, 6.07) is -0.366. The maximum Gasteiger partial charge on any atom is 0.246 e. The van der Waals surface area contributed by atoms with Gasteiger partial charge in [-0.1, -0.05) is 41.5 Å². The van der Waals surface area contributed by atoms with Gasteiger partial charge < -0.3 is 19.5 Å². The van der Waals surface area contributed by atoms with Crippen LogP contribution in [0.25, 0.3) is 0 Å². The van der Waals surface area contributed by atoms with Gasteiger partial charge in [-0.2, -0.15) is 11.8 Å². The highest BCUT2D eigenvalue weighted by Gasteiger charge is 2.15. The van der Waals surface area contributed by atoms with Gasteiger partial charge in [-0.05, 0) is 5.25 Å². The molecule has 0 spiro atoms. The van der Waals surface area contributed by atoms with E-state index in [1.54, 1.807) is 11.8 Å². The van der Waals surface area contributed by atoms with Crippen LogP contribution in [0.4, 0.5) is 0 Å². The lowest BCUT2D eigenvalue weighted by molar-refractivity contribution is -0.128. The first kappa shape index (κ1) is 29.0. The third kappa shape index (κ3) is 16.8. The van der Waals surface area contributed by atoms with Crippen molar-refractivity contribution in [2.45, 2.75) is 65.7 Å². The minimum absolute atomic E-state index is 0.0167. The Morgan fingerprint density at radius 2 is 1.27 bits per heavy atom. The molecule has 8 heteroatoms. The highest BCUT2D eigenvalue weighted by atomic mass is 32.2. The minimum Gasteiger partial charge on any atom is -0.379 e. The fourth-order valence-corrected chi connectivity index (χ4v) is 2.97. The molecule has 7 nitrogen and oxygen atoms in total. The lowest BCUT2D eigenvalue weighted by Crippen LogP contribution is -2.43. The van der Waals surface area contributed by atoms with Crippen molar-refractivity contribution in [3.63, 3.8) is 0 Å². The van der Waals surface area contributed by atoms with Crippen LogP contribution in [0.3, 0.4) is 0 Å². The molecule has 0 aliphatic heterocycles. The lowest BCUT2D eigenvalue weighted by atomic mass is 10.1. The van der Waals surface area contributed by atoms with E-state index in [9.17, 15) is 14.4 Å². The third-order valence-corrected chi connectivity index (χ3v) is 5.26. The quantitative estimate of drug-likeness (QED) is 0.304. The normalized spacial score (nSPS) is 11.7. The van der Waals surface area contributed by atoms with Gasteiger partial charge in [-0.3, -0.25) is 14.4 Å². The molecular formula is C22H41NO6S. The molecule has 0 bridgehead atoms. The molecule has 176 valence electrons. The van der Waals surface area contributed by atoms with Gasteiger partial charge in [0.05, 0.1) is 39.1 Å². The lowest BCUT2D eigenvalue weighted by Gasteiger charge is -2.19.